The molecule has 3 rings (SSSR count). The summed E-state index contributed by atoms with van der Waals surface area (Å²) in [6.45, 7) is 2.23. The van der Waals surface area contributed by atoms with Crippen LogP contribution in [0.1, 0.15) is 271 Å². The number of amides is 2. The Morgan fingerprint density at radius 1 is 0.533 bits per heavy atom. The number of carboxylic acids is 1. The number of aliphatic carboxylic acids is 1. The molecule has 90 heavy (non-hydrogen) atoms. The fraction of sp³-hybridized carbons (Fsp3) is 0.955. The Labute approximate surface area is 538 Å². The minimum absolute atomic E-state index is 0.229. The molecule has 0 aromatic rings. The molecule has 0 saturated carbocycles. The van der Waals surface area contributed by atoms with Gasteiger partial charge < -0.3 is 100 Å². The number of hydrogen-bond donors (Lipinski definition) is 14. The number of hydrogen-bond acceptors (Lipinski definition) is 20. The summed E-state index contributed by atoms with van der Waals surface area (Å²) in [5, 5.41) is 136. The van der Waals surface area contributed by atoms with Crippen molar-refractivity contribution in [3.8, 4) is 0 Å². The van der Waals surface area contributed by atoms with Crippen molar-refractivity contribution in [2.24, 2.45) is 0 Å². The average molecular weight is 1300 g/mol. The van der Waals surface area contributed by atoms with Crippen LogP contribution in [0, 0.1) is 0 Å². The number of nitrogens with one attached hydrogen (secondary N) is 2. The maximum Gasteiger partial charge on any atom is 0.364 e. The van der Waals surface area contributed by atoms with Gasteiger partial charge in [0.1, 0.15) is 67.1 Å². The van der Waals surface area contributed by atoms with Crippen LogP contribution in [0.4, 0.5) is 0 Å². The Morgan fingerprint density at radius 2 is 0.967 bits per heavy atom. The van der Waals surface area contributed by atoms with Crippen molar-refractivity contribution >= 4 is 17.8 Å². The molecule has 0 aliphatic carbocycles. The molecule has 3 aliphatic heterocycles. The van der Waals surface area contributed by atoms with Gasteiger partial charge in [-0.05, 0) is 12.8 Å². The smallest absolute Gasteiger partial charge is 0.364 e. The van der Waals surface area contributed by atoms with Gasteiger partial charge in [-0.1, -0.05) is 239 Å². The number of rotatable bonds is 54. The average Bonchev–Trinajstić information content (AvgIpc) is 0.765. The van der Waals surface area contributed by atoms with E-state index in [1.807, 2.05) is 0 Å². The van der Waals surface area contributed by atoms with Gasteiger partial charge in [-0.25, -0.2) is 4.79 Å². The van der Waals surface area contributed by atoms with Gasteiger partial charge in [0, 0.05) is 19.8 Å². The van der Waals surface area contributed by atoms with Gasteiger partial charge in [0.2, 0.25) is 11.8 Å². The van der Waals surface area contributed by atoms with Crippen LogP contribution < -0.4 is 10.6 Å². The van der Waals surface area contributed by atoms with Gasteiger partial charge in [0.05, 0.1) is 50.7 Å². The lowest BCUT2D eigenvalue weighted by atomic mass is 9.88. The predicted molar refractivity (Wildman–Crippen MR) is 339 cm³/mol. The van der Waals surface area contributed by atoms with Crippen molar-refractivity contribution in [1.29, 1.82) is 0 Å². The van der Waals surface area contributed by atoms with Crippen LogP contribution in [-0.2, 0) is 42.8 Å². The second-order valence-corrected chi connectivity index (χ2v) is 26.1. The number of unbranched alkanes of at least 4 members (excludes halogenated alkanes) is 34. The molecule has 23 nitrogen and oxygen atoms in total. The summed E-state index contributed by atoms with van der Waals surface area (Å²) in [5.74, 6) is -6.09. The molecule has 18 unspecified atom stereocenters. The third-order valence-corrected chi connectivity index (χ3v) is 18.3. The van der Waals surface area contributed by atoms with Gasteiger partial charge in [-0.15, -0.1) is 0 Å². The van der Waals surface area contributed by atoms with E-state index in [4.69, 9.17) is 28.4 Å². The highest BCUT2D eigenvalue weighted by molar-refractivity contribution is 5.77. The van der Waals surface area contributed by atoms with Crippen LogP contribution in [0.25, 0.3) is 0 Å². The quantitative estimate of drug-likeness (QED) is 0.0288. The Kier molecular flexibility index (Phi) is 44.1. The number of carbonyl (C=O) groups excluding carboxylic acids is 2. The van der Waals surface area contributed by atoms with Crippen LogP contribution in [0.5, 0.6) is 0 Å². The van der Waals surface area contributed by atoms with E-state index in [0.717, 1.165) is 51.9 Å². The first kappa shape index (κ1) is 82.0. The molecule has 2 amide bonds. The maximum atomic E-state index is 13.5. The van der Waals surface area contributed by atoms with Crippen molar-refractivity contribution in [3.63, 3.8) is 0 Å². The molecule has 3 fully saturated rings. The normalized spacial score (nSPS) is 28.5. The molecule has 0 bridgehead atoms. The van der Waals surface area contributed by atoms with E-state index in [2.05, 4.69) is 24.5 Å². The Morgan fingerprint density at radius 3 is 1.39 bits per heavy atom. The minimum atomic E-state index is -3.08. The molecule has 0 radical (unpaired) electrons. The lowest BCUT2D eigenvalue weighted by Crippen LogP contribution is -2.70. The van der Waals surface area contributed by atoms with Crippen molar-refractivity contribution in [2.75, 3.05) is 26.4 Å². The lowest BCUT2D eigenvalue weighted by Gasteiger charge is -2.50. The molecule has 530 valence electrons. The zero-order chi connectivity index (χ0) is 66.1. The third kappa shape index (κ3) is 30.6. The summed E-state index contributed by atoms with van der Waals surface area (Å²) in [5.41, 5.74) is 0. The van der Waals surface area contributed by atoms with Gasteiger partial charge in [0.25, 0.3) is 5.79 Å². The molecule has 0 aromatic heterocycles. The van der Waals surface area contributed by atoms with E-state index >= 15 is 0 Å². The van der Waals surface area contributed by atoms with E-state index in [0.29, 0.717) is 19.3 Å². The summed E-state index contributed by atoms with van der Waals surface area (Å²) in [6, 6.07) is -2.52. The van der Waals surface area contributed by atoms with Crippen LogP contribution in [0.2, 0.25) is 0 Å². The van der Waals surface area contributed by atoms with E-state index in [9.17, 15) is 75.7 Å². The Bertz CT molecular complexity index is 1830. The summed E-state index contributed by atoms with van der Waals surface area (Å²) < 4.78 is 34.9. The number of carboxylic acid groups (broad SMARTS) is 1. The third-order valence-electron chi connectivity index (χ3n) is 18.3. The van der Waals surface area contributed by atoms with Crippen molar-refractivity contribution in [3.05, 3.63) is 0 Å². The number of ether oxygens (including phenoxy) is 6. The molecule has 23 heteroatoms. The summed E-state index contributed by atoms with van der Waals surface area (Å²) in [7, 11) is 0. The summed E-state index contributed by atoms with van der Waals surface area (Å²) in [6.07, 6.45) is 15.2. The van der Waals surface area contributed by atoms with Crippen molar-refractivity contribution in [2.45, 2.75) is 381 Å². The van der Waals surface area contributed by atoms with Crippen molar-refractivity contribution < 1.29 is 104 Å². The first-order valence-corrected chi connectivity index (χ1v) is 35.4. The van der Waals surface area contributed by atoms with E-state index in [1.165, 1.54) is 173 Å². The molecule has 0 aromatic carbocycles. The van der Waals surface area contributed by atoms with Crippen molar-refractivity contribution in [1.82, 2.24) is 10.6 Å². The maximum absolute atomic E-state index is 13.5. The van der Waals surface area contributed by atoms with Crippen LogP contribution >= 0.6 is 0 Å². The number of aliphatic hydroxyl groups is 11. The first-order valence-electron chi connectivity index (χ1n) is 35.4. The van der Waals surface area contributed by atoms with E-state index in [1.54, 1.807) is 0 Å². The second-order valence-electron chi connectivity index (χ2n) is 26.1. The Hall–Kier alpha value is -2.27. The summed E-state index contributed by atoms with van der Waals surface area (Å²) >= 11 is 0. The first-order chi connectivity index (χ1) is 43.4. The molecule has 0 spiro atoms. The van der Waals surface area contributed by atoms with Gasteiger partial charge in [0.15, 0.2) is 12.6 Å². The fourth-order valence-electron chi connectivity index (χ4n) is 12.7. The highest BCUT2D eigenvalue weighted by Gasteiger charge is 2.60. The Balaban J connectivity index is 1.59. The molecular formula is C67H126N2O21. The molecule has 14 N–H and O–H groups in total. The van der Waals surface area contributed by atoms with Gasteiger partial charge in [-0.3, -0.25) is 9.59 Å². The van der Waals surface area contributed by atoms with Crippen LogP contribution in [0.15, 0.2) is 0 Å². The predicted octanol–water partition coefficient (Wildman–Crippen LogP) is 6.51. The van der Waals surface area contributed by atoms with Crippen LogP contribution in [-0.4, -0.2) is 215 Å². The highest BCUT2D eigenvalue weighted by Crippen LogP contribution is 2.39. The van der Waals surface area contributed by atoms with Crippen LogP contribution in [0.3, 0.4) is 0 Å². The lowest BCUT2D eigenvalue weighted by molar-refractivity contribution is -0.386. The van der Waals surface area contributed by atoms with Gasteiger partial charge >= 0.3 is 5.97 Å². The SMILES string of the molecule is CCCCCCCCCCCCCCCCCCCCCC(O)C(COC1OC(CO)C(OC2OC(CO)C(O)C(OC3(C(=O)O)CC(O)C(NC(C)=O)C(C(O)C(O)CO)O3)C2O)C(O)C1O)NC(=O)CCCCCCCCCCCCCCCCCCC. The highest BCUT2D eigenvalue weighted by atomic mass is 16.8. The minimum Gasteiger partial charge on any atom is -0.477 e. The second kappa shape index (κ2) is 48.4. The molecule has 3 heterocycles. The topological polar surface area (TPSA) is 373 Å². The largest absolute Gasteiger partial charge is 0.477 e. The molecule has 3 aliphatic rings. The standard InChI is InChI=1S/C67H126N2O21/c1-4-6-8-10-12-14-16-18-20-22-23-25-26-28-30-32-34-36-38-40-49(74)48(69-54(77)41-39-37-35-33-31-29-27-24-21-19-17-15-13-11-9-7-5-2)46-85-64-59(81)58(80)61(53(45-72)87-64)88-65-60(82)63(57(79)52(44-71)86-65)90-67(66(83)84)42-50(75)55(68-47(3)73)62(89-67)56(78)51(76)43-70/h48-53,55-65,70-72,74-76,78-82H,4-46H2,1-3H3,(H,68,73)(H,69,77)(H,83,84). The molecule has 3 saturated heterocycles. The zero-order valence-electron chi connectivity index (χ0n) is 55.3. The van der Waals surface area contributed by atoms with E-state index < -0.39 is 148 Å². The number of aliphatic hydroxyl groups excluding tert-OH is 11. The molecular weight excluding hydrogens is 1170 g/mol. The van der Waals surface area contributed by atoms with E-state index in [-0.39, 0.29) is 18.9 Å². The zero-order valence-corrected chi connectivity index (χ0v) is 55.3. The molecule has 18 atom stereocenters. The monoisotopic (exact) mass is 1290 g/mol. The number of carbonyl (C=O) groups is 3. The summed E-state index contributed by atoms with van der Waals surface area (Å²) in [4.78, 5) is 38.6. The fourth-order valence-corrected chi connectivity index (χ4v) is 12.7. The van der Waals surface area contributed by atoms with Gasteiger partial charge in [-0.2, -0.15) is 0 Å².